The zero-order valence-corrected chi connectivity index (χ0v) is 12.9. The van der Waals surface area contributed by atoms with Gasteiger partial charge in [0.25, 0.3) is 5.91 Å². The Morgan fingerprint density at radius 1 is 1.17 bits per heavy atom. The fourth-order valence-corrected chi connectivity index (χ4v) is 2.74. The number of para-hydroxylation sites is 2. The van der Waals surface area contributed by atoms with Gasteiger partial charge in [-0.15, -0.1) is 0 Å². The molecule has 0 fully saturated rings. The minimum absolute atomic E-state index is 0.227. The van der Waals surface area contributed by atoms with Gasteiger partial charge in [0.15, 0.2) is 6.61 Å². The van der Waals surface area contributed by atoms with Crippen molar-refractivity contribution in [2.75, 3.05) is 23.8 Å². The molecule has 0 unspecified atom stereocenters. The van der Waals surface area contributed by atoms with Gasteiger partial charge in [-0.25, -0.2) is 4.79 Å². The van der Waals surface area contributed by atoms with Gasteiger partial charge in [0.2, 0.25) is 0 Å². The summed E-state index contributed by atoms with van der Waals surface area (Å²) in [5.41, 5.74) is 9.39. The van der Waals surface area contributed by atoms with Crippen LogP contribution < -0.4 is 10.6 Å². The normalized spacial score (nSPS) is 12.8. The molecule has 0 radical (unpaired) electrons. The quantitative estimate of drug-likeness (QED) is 0.697. The summed E-state index contributed by atoms with van der Waals surface area (Å²) in [6.45, 7) is 2.14. The molecular weight excluding hydrogens is 292 g/mol. The molecule has 2 N–H and O–H groups in total. The van der Waals surface area contributed by atoms with Crippen LogP contribution in [0.4, 0.5) is 11.4 Å². The number of ether oxygens (including phenoxy) is 1. The average Bonchev–Trinajstić information content (AvgIpc) is 2.99. The number of fused-ring (bicyclic) bond motifs is 1. The number of carbonyl (C=O) groups excluding carboxylic acids is 2. The van der Waals surface area contributed by atoms with Crippen molar-refractivity contribution in [3.63, 3.8) is 0 Å². The first kappa shape index (κ1) is 15.1. The monoisotopic (exact) mass is 310 g/mol. The van der Waals surface area contributed by atoms with Gasteiger partial charge in [0.05, 0.1) is 5.56 Å². The van der Waals surface area contributed by atoms with E-state index in [9.17, 15) is 9.59 Å². The fraction of sp³-hybridized carbons (Fsp3) is 0.222. The molecule has 1 amide bonds. The highest BCUT2D eigenvalue weighted by Gasteiger charge is 2.25. The molecular formula is C18H18N2O3. The number of nitrogens with two attached hydrogens (primary N) is 1. The van der Waals surface area contributed by atoms with Crippen molar-refractivity contribution in [1.29, 1.82) is 0 Å². The first-order valence-corrected chi connectivity index (χ1v) is 7.48. The van der Waals surface area contributed by atoms with Crippen LogP contribution in [0.5, 0.6) is 0 Å². The van der Waals surface area contributed by atoms with Crippen molar-refractivity contribution in [1.82, 2.24) is 0 Å². The second-order valence-corrected chi connectivity index (χ2v) is 5.54. The Balaban J connectivity index is 1.66. The Kier molecular flexibility index (Phi) is 4.02. The summed E-state index contributed by atoms with van der Waals surface area (Å²) in [4.78, 5) is 26.1. The number of rotatable bonds is 3. The Morgan fingerprint density at radius 3 is 2.78 bits per heavy atom. The number of nitrogen functional groups attached to an aromatic ring is 1. The van der Waals surface area contributed by atoms with Crippen molar-refractivity contribution >= 4 is 23.3 Å². The SMILES string of the molecule is Cc1cccc(C(=O)OCC(=O)N2CCc3ccccc32)c1N. The van der Waals surface area contributed by atoms with Crippen LogP contribution in [-0.2, 0) is 16.0 Å². The average molecular weight is 310 g/mol. The van der Waals surface area contributed by atoms with Crippen LogP contribution in [0.2, 0.25) is 0 Å². The molecule has 2 aromatic carbocycles. The number of benzene rings is 2. The molecule has 1 heterocycles. The van der Waals surface area contributed by atoms with Crippen molar-refractivity contribution in [3.8, 4) is 0 Å². The molecule has 0 aliphatic carbocycles. The smallest absolute Gasteiger partial charge is 0.340 e. The number of hydrogen-bond donors (Lipinski definition) is 1. The Bertz CT molecular complexity index is 771. The maximum absolute atomic E-state index is 12.3. The molecule has 118 valence electrons. The van der Waals surface area contributed by atoms with E-state index in [1.807, 2.05) is 37.3 Å². The number of hydrogen-bond acceptors (Lipinski definition) is 4. The van der Waals surface area contributed by atoms with Gasteiger partial charge in [-0.1, -0.05) is 30.3 Å². The van der Waals surface area contributed by atoms with Crippen LogP contribution in [0, 0.1) is 6.92 Å². The summed E-state index contributed by atoms with van der Waals surface area (Å²) in [5, 5.41) is 0. The molecule has 0 spiro atoms. The Labute approximate surface area is 134 Å². The first-order valence-electron chi connectivity index (χ1n) is 7.48. The van der Waals surface area contributed by atoms with E-state index in [0.717, 1.165) is 23.2 Å². The number of esters is 1. The minimum atomic E-state index is -0.577. The topological polar surface area (TPSA) is 72.6 Å². The zero-order chi connectivity index (χ0) is 16.4. The number of amides is 1. The molecule has 0 atom stereocenters. The molecule has 2 aromatic rings. The molecule has 1 aliphatic heterocycles. The van der Waals surface area contributed by atoms with E-state index >= 15 is 0 Å². The van der Waals surface area contributed by atoms with Gasteiger partial charge in [-0.2, -0.15) is 0 Å². The van der Waals surface area contributed by atoms with Crippen LogP contribution in [-0.4, -0.2) is 25.0 Å². The van der Waals surface area contributed by atoms with Crippen LogP contribution in [0.3, 0.4) is 0 Å². The molecule has 5 heteroatoms. The zero-order valence-electron chi connectivity index (χ0n) is 12.9. The lowest BCUT2D eigenvalue weighted by Gasteiger charge is -2.17. The number of nitrogens with zero attached hydrogens (tertiary/aromatic N) is 1. The highest BCUT2D eigenvalue weighted by molar-refractivity contribution is 6.00. The van der Waals surface area contributed by atoms with E-state index in [1.54, 1.807) is 17.0 Å². The molecule has 0 saturated carbocycles. The van der Waals surface area contributed by atoms with Crippen LogP contribution in [0.15, 0.2) is 42.5 Å². The number of carbonyl (C=O) groups is 2. The highest BCUT2D eigenvalue weighted by Crippen LogP contribution is 2.27. The minimum Gasteiger partial charge on any atom is -0.452 e. The fourth-order valence-electron chi connectivity index (χ4n) is 2.74. The first-order chi connectivity index (χ1) is 11.1. The van der Waals surface area contributed by atoms with Gasteiger partial charge in [-0.3, -0.25) is 4.79 Å². The van der Waals surface area contributed by atoms with E-state index in [4.69, 9.17) is 10.5 Å². The summed E-state index contributed by atoms with van der Waals surface area (Å²) in [7, 11) is 0. The predicted molar refractivity (Wildman–Crippen MR) is 88.4 cm³/mol. The highest BCUT2D eigenvalue weighted by atomic mass is 16.5. The summed E-state index contributed by atoms with van der Waals surface area (Å²) in [6, 6.07) is 12.9. The third-order valence-corrected chi connectivity index (χ3v) is 4.06. The Morgan fingerprint density at radius 2 is 1.96 bits per heavy atom. The summed E-state index contributed by atoms with van der Waals surface area (Å²) < 4.78 is 5.14. The van der Waals surface area contributed by atoms with Gasteiger partial charge < -0.3 is 15.4 Å². The van der Waals surface area contributed by atoms with Crippen LogP contribution in [0.1, 0.15) is 21.5 Å². The molecule has 23 heavy (non-hydrogen) atoms. The lowest BCUT2D eigenvalue weighted by atomic mass is 10.1. The molecule has 0 bridgehead atoms. The van der Waals surface area contributed by atoms with Crippen molar-refractivity contribution in [3.05, 3.63) is 59.2 Å². The standard InChI is InChI=1S/C18H18N2O3/c1-12-5-4-7-14(17(12)19)18(22)23-11-16(21)20-10-9-13-6-2-3-8-15(13)20/h2-8H,9-11,19H2,1H3. The number of anilines is 2. The lowest BCUT2D eigenvalue weighted by Crippen LogP contribution is -2.33. The summed E-state index contributed by atoms with van der Waals surface area (Å²) in [6.07, 6.45) is 0.820. The van der Waals surface area contributed by atoms with Crippen LogP contribution >= 0.6 is 0 Å². The largest absolute Gasteiger partial charge is 0.452 e. The van der Waals surface area contributed by atoms with E-state index < -0.39 is 5.97 Å². The third-order valence-electron chi connectivity index (χ3n) is 4.06. The maximum Gasteiger partial charge on any atom is 0.340 e. The third kappa shape index (κ3) is 2.90. The molecule has 3 rings (SSSR count). The summed E-state index contributed by atoms with van der Waals surface area (Å²) >= 11 is 0. The van der Waals surface area contributed by atoms with Crippen LogP contribution in [0.25, 0.3) is 0 Å². The van der Waals surface area contributed by atoms with E-state index in [0.29, 0.717) is 17.8 Å². The van der Waals surface area contributed by atoms with Crippen molar-refractivity contribution in [2.45, 2.75) is 13.3 Å². The van der Waals surface area contributed by atoms with Gasteiger partial charge >= 0.3 is 5.97 Å². The van der Waals surface area contributed by atoms with E-state index in [-0.39, 0.29) is 12.5 Å². The number of aryl methyl sites for hydroxylation is 1. The predicted octanol–water partition coefficient (Wildman–Crippen LogP) is 2.32. The molecule has 5 nitrogen and oxygen atoms in total. The lowest BCUT2D eigenvalue weighted by molar-refractivity contribution is -0.121. The Hall–Kier alpha value is -2.82. The molecule has 1 aliphatic rings. The van der Waals surface area contributed by atoms with E-state index in [2.05, 4.69) is 0 Å². The van der Waals surface area contributed by atoms with Gasteiger partial charge in [-0.05, 0) is 36.6 Å². The molecule has 0 aromatic heterocycles. The van der Waals surface area contributed by atoms with Gasteiger partial charge in [0.1, 0.15) is 0 Å². The van der Waals surface area contributed by atoms with E-state index in [1.165, 1.54) is 0 Å². The van der Waals surface area contributed by atoms with Gasteiger partial charge in [0, 0.05) is 17.9 Å². The second kappa shape index (κ2) is 6.12. The molecule has 0 saturated heterocycles. The van der Waals surface area contributed by atoms with Crippen molar-refractivity contribution < 1.29 is 14.3 Å². The van der Waals surface area contributed by atoms with Crippen molar-refractivity contribution in [2.24, 2.45) is 0 Å². The maximum atomic E-state index is 12.3. The second-order valence-electron chi connectivity index (χ2n) is 5.54. The summed E-state index contributed by atoms with van der Waals surface area (Å²) in [5.74, 6) is -0.804.